The Morgan fingerprint density at radius 2 is 2.20 bits per heavy atom. The molecule has 2 atom stereocenters. The molecule has 1 fully saturated rings. The van der Waals surface area contributed by atoms with Crippen LogP contribution in [0.3, 0.4) is 0 Å². The zero-order chi connectivity index (χ0) is 14.9. The van der Waals surface area contributed by atoms with E-state index in [0.717, 1.165) is 31.4 Å². The average Bonchev–Trinajstić information content (AvgIpc) is 2.74. The zero-order valence-electron chi connectivity index (χ0n) is 10.9. The number of nitro groups is 1. The molecule has 0 spiro atoms. The molecule has 108 valence electrons. The summed E-state index contributed by atoms with van der Waals surface area (Å²) in [5.74, 6) is -2.15. The largest absolute Gasteiger partial charge is 0.478 e. The first-order chi connectivity index (χ1) is 9.40. The van der Waals surface area contributed by atoms with Crippen molar-refractivity contribution in [3.8, 4) is 0 Å². The van der Waals surface area contributed by atoms with Crippen LogP contribution >= 0.6 is 0 Å². The van der Waals surface area contributed by atoms with Crippen molar-refractivity contribution in [2.75, 3.05) is 5.32 Å². The Kier molecular flexibility index (Phi) is 3.87. The molecule has 1 aliphatic rings. The van der Waals surface area contributed by atoms with E-state index in [2.05, 4.69) is 5.32 Å². The number of nitro benzene ring substituents is 1. The molecule has 1 aliphatic carbocycles. The second kappa shape index (κ2) is 5.44. The zero-order valence-corrected chi connectivity index (χ0v) is 10.9. The molecular formula is C13H15FN2O4. The minimum atomic E-state index is -1.52. The van der Waals surface area contributed by atoms with Gasteiger partial charge in [0.05, 0.1) is 4.92 Å². The minimum absolute atomic E-state index is 0.0382. The van der Waals surface area contributed by atoms with E-state index in [1.807, 2.05) is 6.92 Å². The normalized spacial score (nSPS) is 21.7. The molecule has 1 saturated carbocycles. The van der Waals surface area contributed by atoms with E-state index < -0.39 is 28.0 Å². The monoisotopic (exact) mass is 282 g/mol. The van der Waals surface area contributed by atoms with Crippen molar-refractivity contribution >= 4 is 17.3 Å². The van der Waals surface area contributed by atoms with E-state index in [-0.39, 0.29) is 11.7 Å². The van der Waals surface area contributed by atoms with Gasteiger partial charge in [0.1, 0.15) is 17.1 Å². The van der Waals surface area contributed by atoms with Gasteiger partial charge in [0.15, 0.2) is 0 Å². The second-order valence-corrected chi connectivity index (χ2v) is 5.07. The summed E-state index contributed by atoms with van der Waals surface area (Å²) in [7, 11) is 0. The molecule has 0 aliphatic heterocycles. The number of benzene rings is 1. The number of anilines is 1. The predicted molar refractivity (Wildman–Crippen MR) is 70.4 cm³/mol. The maximum atomic E-state index is 13.7. The molecule has 1 aromatic carbocycles. The summed E-state index contributed by atoms with van der Waals surface area (Å²) in [6.45, 7) is 2.03. The van der Waals surface area contributed by atoms with Crippen molar-refractivity contribution in [1.82, 2.24) is 0 Å². The summed E-state index contributed by atoms with van der Waals surface area (Å²) < 4.78 is 13.7. The highest BCUT2D eigenvalue weighted by atomic mass is 19.1. The van der Waals surface area contributed by atoms with Crippen LogP contribution in [0.15, 0.2) is 12.1 Å². The van der Waals surface area contributed by atoms with Gasteiger partial charge in [-0.05, 0) is 18.8 Å². The number of carboxylic acid groups (broad SMARTS) is 1. The first kappa shape index (κ1) is 14.2. The maximum Gasteiger partial charge on any atom is 0.338 e. The molecule has 2 N–H and O–H groups in total. The lowest BCUT2D eigenvalue weighted by Gasteiger charge is -2.18. The number of nitrogens with zero attached hydrogens (tertiary/aromatic N) is 1. The number of halogens is 1. The van der Waals surface area contributed by atoms with Gasteiger partial charge in [-0.15, -0.1) is 0 Å². The van der Waals surface area contributed by atoms with Gasteiger partial charge in [-0.3, -0.25) is 10.1 Å². The summed E-state index contributed by atoms with van der Waals surface area (Å²) >= 11 is 0. The van der Waals surface area contributed by atoms with Crippen LogP contribution in [0.4, 0.5) is 15.8 Å². The van der Waals surface area contributed by atoms with Crippen molar-refractivity contribution in [3.05, 3.63) is 33.6 Å². The SMILES string of the molecule is CC1CCCC1Nc1cc(F)c(C(=O)O)cc1[N+](=O)[O-]. The lowest BCUT2D eigenvalue weighted by molar-refractivity contribution is -0.384. The van der Waals surface area contributed by atoms with Crippen LogP contribution in [-0.4, -0.2) is 22.0 Å². The molecular weight excluding hydrogens is 267 g/mol. The van der Waals surface area contributed by atoms with Crippen molar-refractivity contribution in [1.29, 1.82) is 0 Å². The molecule has 0 bridgehead atoms. The summed E-state index contributed by atoms with van der Waals surface area (Å²) in [6, 6.07) is 1.70. The molecule has 7 heteroatoms. The second-order valence-electron chi connectivity index (χ2n) is 5.07. The number of carboxylic acids is 1. The van der Waals surface area contributed by atoms with Crippen LogP contribution in [0, 0.1) is 21.8 Å². The van der Waals surface area contributed by atoms with Crippen molar-refractivity contribution < 1.29 is 19.2 Å². The average molecular weight is 282 g/mol. The fraction of sp³-hybridized carbons (Fsp3) is 0.462. The molecule has 0 aromatic heterocycles. The Balaban J connectivity index is 2.38. The maximum absolute atomic E-state index is 13.7. The highest BCUT2D eigenvalue weighted by molar-refractivity contribution is 5.90. The number of rotatable bonds is 4. The van der Waals surface area contributed by atoms with E-state index in [1.165, 1.54) is 0 Å². The number of hydrogen-bond donors (Lipinski definition) is 2. The fourth-order valence-corrected chi connectivity index (χ4v) is 2.55. The Morgan fingerprint density at radius 3 is 2.70 bits per heavy atom. The van der Waals surface area contributed by atoms with Gasteiger partial charge in [0, 0.05) is 18.2 Å². The standard InChI is InChI=1S/C13H15FN2O4/c1-7-3-2-4-10(7)15-11-6-9(14)8(13(17)18)5-12(11)16(19)20/h5-7,10,15H,2-4H2,1H3,(H,17,18). The van der Waals surface area contributed by atoms with Crippen LogP contribution in [0.25, 0.3) is 0 Å². The molecule has 0 amide bonds. The molecule has 0 radical (unpaired) electrons. The third-order valence-corrected chi connectivity index (χ3v) is 3.71. The van der Waals surface area contributed by atoms with Gasteiger partial charge in [-0.25, -0.2) is 9.18 Å². The molecule has 20 heavy (non-hydrogen) atoms. The van der Waals surface area contributed by atoms with Crippen LogP contribution in [0.5, 0.6) is 0 Å². The fourth-order valence-electron chi connectivity index (χ4n) is 2.55. The molecule has 0 heterocycles. The molecule has 6 nitrogen and oxygen atoms in total. The Hall–Kier alpha value is -2.18. The van der Waals surface area contributed by atoms with Crippen LogP contribution < -0.4 is 5.32 Å². The van der Waals surface area contributed by atoms with E-state index >= 15 is 0 Å². The van der Waals surface area contributed by atoms with E-state index in [4.69, 9.17) is 5.11 Å². The van der Waals surface area contributed by atoms with Gasteiger partial charge in [-0.2, -0.15) is 0 Å². The third-order valence-electron chi connectivity index (χ3n) is 3.71. The third kappa shape index (κ3) is 2.71. The van der Waals surface area contributed by atoms with Crippen LogP contribution in [0.1, 0.15) is 36.5 Å². The summed E-state index contributed by atoms with van der Waals surface area (Å²) in [6.07, 6.45) is 2.89. The Morgan fingerprint density at radius 1 is 1.50 bits per heavy atom. The summed E-state index contributed by atoms with van der Waals surface area (Å²) in [5, 5.41) is 22.8. The van der Waals surface area contributed by atoms with E-state index in [1.54, 1.807) is 0 Å². The highest BCUT2D eigenvalue weighted by Gasteiger charge is 2.27. The quantitative estimate of drug-likeness (QED) is 0.654. The smallest absolute Gasteiger partial charge is 0.338 e. The van der Waals surface area contributed by atoms with Gasteiger partial charge in [0.25, 0.3) is 5.69 Å². The topological polar surface area (TPSA) is 92.5 Å². The number of hydrogen-bond acceptors (Lipinski definition) is 4. The van der Waals surface area contributed by atoms with Crippen molar-refractivity contribution in [2.24, 2.45) is 5.92 Å². The minimum Gasteiger partial charge on any atom is -0.478 e. The van der Waals surface area contributed by atoms with Gasteiger partial charge in [-0.1, -0.05) is 13.3 Å². The predicted octanol–water partition coefficient (Wildman–Crippen LogP) is 3.03. The lowest BCUT2D eigenvalue weighted by Crippen LogP contribution is -2.22. The van der Waals surface area contributed by atoms with Crippen LogP contribution in [-0.2, 0) is 0 Å². The molecule has 2 rings (SSSR count). The van der Waals surface area contributed by atoms with E-state index in [0.29, 0.717) is 5.92 Å². The van der Waals surface area contributed by atoms with Gasteiger partial charge >= 0.3 is 5.97 Å². The number of nitrogens with one attached hydrogen (secondary N) is 1. The molecule has 2 unspecified atom stereocenters. The number of aromatic carboxylic acids is 1. The highest BCUT2D eigenvalue weighted by Crippen LogP contribution is 2.33. The summed E-state index contributed by atoms with van der Waals surface area (Å²) in [5.41, 5.74) is -1.07. The Labute approximate surface area is 114 Å². The first-order valence-electron chi connectivity index (χ1n) is 6.38. The van der Waals surface area contributed by atoms with Crippen molar-refractivity contribution in [2.45, 2.75) is 32.2 Å². The van der Waals surface area contributed by atoms with E-state index in [9.17, 15) is 19.3 Å². The molecule has 0 saturated heterocycles. The van der Waals surface area contributed by atoms with Gasteiger partial charge < -0.3 is 10.4 Å². The van der Waals surface area contributed by atoms with Crippen molar-refractivity contribution in [3.63, 3.8) is 0 Å². The first-order valence-corrected chi connectivity index (χ1v) is 6.38. The Bertz CT molecular complexity index is 562. The van der Waals surface area contributed by atoms with Gasteiger partial charge in [0.2, 0.25) is 0 Å². The molecule has 1 aromatic rings. The van der Waals surface area contributed by atoms with Crippen LogP contribution in [0.2, 0.25) is 0 Å². The summed E-state index contributed by atoms with van der Waals surface area (Å²) in [4.78, 5) is 21.1. The lowest BCUT2D eigenvalue weighted by atomic mass is 10.1. The number of carbonyl (C=O) groups is 1.